The lowest BCUT2D eigenvalue weighted by Gasteiger charge is -2.10. The van der Waals surface area contributed by atoms with Gasteiger partial charge >= 0.3 is 0 Å². The van der Waals surface area contributed by atoms with Crippen LogP contribution >= 0.6 is 0 Å². The normalized spacial score (nSPS) is 10.2. The minimum atomic E-state index is -0.147. The zero-order chi connectivity index (χ0) is 9.84. The van der Waals surface area contributed by atoms with E-state index in [4.69, 9.17) is 0 Å². The van der Waals surface area contributed by atoms with Crippen molar-refractivity contribution in [1.82, 2.24) is 0 Å². The van der Waals surface area contributed by atoms with E-state index in [1.54, 1.807) is 6.07 Å². The van der Waals surface area contributed by atoms with E-state index in [-0.39, 0.29) is 5.82 Å². The number of benzene rings is 1. The average molecular weight is 181 g/mol. The fourth-order valence-corrected chi connectivity index (χ4v) is 1.39. The van der Waals surface area contributed by atoms with Crippen molar-refractivity contribution in [2.45, 2.75) is 27.2 Å². The Balaban J connectivity index is 2.92. The number of hydrogen-bond acceptors (Lipinski definition) is 1. The molecule has 0 radical (unpaired) electrons. The Kier molecular flexibility index (Phi) is 3.29. The molecule has 0 saturated heterocycles. The summed E-state index contributed by atoms with van der Waals surface area (Å²) in [6, 6.07) is 3.55. The molecule has 1 aromatic rings. The van der Waals surface area contributed by atoms with Gasteiger partial charge in [-0.05, 0) is 37.5 Å². The SMILES string of the molecule is CCCNc1c(C)cc(C)cc1F. The lowest BCUT2D eigenvalue weighted by Crippen LogP contribution is -2.04. The summed E-state index contributed by atoms with van der Waals surface area (Å²) in [4.78, 5) is 0. The first-order chi connectivity index (χ1) is 6.15. The van der Waals surface area contributed by atoms with E-state index in [9.17, 15) is 4.39 Å². The van der Waals surface area contributed by atoms with E-state index >= 15 is 0 Å². The van der Waals surface area contributed by atoms with Crippen LogP contribution in [-0.2, 0) is 0 Å². The highest BCUT2D eigenvalue weighted by Crippen LogP contribution is 2.20. The molecule has 0 aliphatic rings. The van der Waals surface area contributed by atoms with Crippen molar-refractivity contribution < 1.29 is 4.39 Å². The molecule has 0 amide bonds. The second-order valence-electron chi connectivity index (χ2n) is 3.37. The Morgan fingerprint density at radius 1 is 1.31 bits per heavy atom. The Hall–Kier alpha value is -1.05. The minimum Gasteiger partial charge on any atom is -0.382 e. The molecule has 0 fully saturated rings. The number of anilines is 1. The van der Waals surface area contributed by atoms with E-state index < -0.39 is 0 Å². The standard InChI is InChI=1S/C11H16FN/c1-4-5-13-11-9(3)6-8(2)7-10(11)12/h6-7,13H,4-5H2,1-3H3. The number of rotatable bonds is 3. The van der Waals surface area contributed by atoms with Gasteiger partial charge in [0.2, 0.25) is 0 Å². The van der Waals surface area contributed by atoms with Gasteiger partial charge in [0.1, 0.15) is 5.82 Å². The molecule has 0 aromatic heterocycles. The fraction of sp³-hybridized carbons (Fsp3) is 0.455. The van der Waals surface area contributed by atoms with E-state index in [1.165, 1.54) is 0 Å². The van der Waals surface area contributed by atoms with Crippen molar-refractivity contribution in [2.75, 3.05) is 11.9 Å². The summed E-state index contributed by atoms with van der Waals surface area (Å²) in [5, 5.41) is 3.08. The molecule has 0 atom stereocenters. The lowest BCUT2D eigenvalue weighted by molar-refractivity contribution is 0.627. The molecule has 1 N–H and O–H groups in total. The van der Waals surface area contributed by atoms with Crippen LogP contribution in [0.3, 0.4) is 0 Å². The molecule has 13 heavy (non-hydrogen) atoms. The molecule has 0 aliphatic carbocycles. The molecule has 1 rings (SSSR count). The van der Waals surface area contributed by atoms with Crippen LogP contribution in [0.4, 0.5) is 10.1 Å². The maximum Gasteiger partial charge on any atom is 0.146 e. The minimum absolute atomic E-state index is 0.147. The molecule has 0 saturated carbocycles. The van der Waals surface area contributed by atoms with Crippen molar-refractivity contribution in [1.29, 1.82) is 0 Å². The third-order valence-electron chi connectivity index (χ3n) is 1.98. The Morgan fingerprint density at radius 2 is 2.00 bits per heavy atom. The van der Waals surface area contributed by atoms with Crippen LogP contribution in [0.1, 0.15) is 24.5 Å². The summed E-state index contributed by atoms with van der Waals surface area (Å²) in [6.45, 7) is 6.71. The third kappa shape index (κ3) is 2.44. The first kappa shape index (κ1) is 10.0. The Bertz CT molecular complexity index is 271. The van der Waals surface area contributed by atoms with Gasteiger partial charge in [0, 0.05) is 6.54 Å². The molecule has 0 unspecified atom stereocenters. The van der Waals surface area contributed by atoms with Gasteiger partial charge in [-0.3, -0.25) is 0 Å². The predicted octanol–water partition coefficient (Wildman–Crippen LogP) is 3.26. The lowest BCUT2D eigenvalue weighted by atomic mass is 10.1. The average Bonchev–Trinajstić information content (AvgIpc) is 2.02. The predicted molar refractivity (Wildman–Crippen MR) is 54.7 cm³/mol. The number of nitrogens with one attached hydrogen (secondary N) is 1. The van der Waals surface area contributed by atoms with Gasteiger partial charge in [-0.15, -0.1) is 0 Å². The molecule has 0 bridgehead atoms. The van der Waals surface area contributed by atoms with Gasteiger partial charge in [0.05, 0.1) is 5.69 Å². The second kappa shape index (κ2) is 4.26. The van der Waals surface area contributed by atoms with Gasteiger partial charge in [-0.2, -0.15) is 0 Å². The van der Waals surface area contributed by atoms with E-state index in [0.717, 1.165) is 24.1 Å². The number of hydrogen-bond donors (Lipinski definition) is 1. The topological polar surface area (TPSA) is 12.0 Å². The molecule has 1 aromatic carbocycles. The highest BCUT2D eigenvalue weighted by atomic mass is 19.1. The summed E-state index contributed by atoms with van der Waals surface area (Å²) in [7, 11) is 0. The smallest absolute Gasteiger partial charge is 0.146 e. The van der Waals surface area contributed by atoms with Crippen LogP contribution in [0.2, 0.25) is 0 Å². The molecule has 2 heteroatoms. The van der Waals surface area contributed by atoms with Crippen LogP contribution < -0.4 is 5.32 Å². The fourth-order valence-electron chi connectivity index (χ4n) is 1.39. The van der Waals surface area contributed by atoms with Crippen LogP contribution in [-0.4, -0.2) is 6.54 Å². The Morgan fingerprint density at radius 3 is 2.54 bits per heavy atom. The van der Waals surface area contributed by atoms with E-state index in [1.807, 2.05) is 19.9 Å². The van der Waals surface area contributed by atoms with Crippen molar-refractivity contribution in [2.24, 2.45) is 0 Å². The van der Waals surface area contributed by atoms with Crippen LogP contribution in [0.5, 0.6) is 0 Å². The number of aryl methyl sites for hydroxylation is 2. The zero-order valence-electron chi connectivity index (χ0n) is 8.45. The van der Waals surface area contributed by atoms with Gasteiger partial charge in [0.15, 0.2) is 0 Å². The summed E-state index contributed by atoms with van der Waals surface area (Å²) >= 11 is 0. The molecule has 0 aliphatic heterocycles. The van der Waals surface area contributed by atoms with Crippen molar-refractivity contribution in [3.63, 3.8) is 0 Å². The Labute approximate surface area is 79.0 Å². The largest absolute Gasteiger partial charge is 0.382 e. The third-order valence-corrected chi connectivity index (χ3v) is 1.98. The molecule has 72 valence electrons. The second-order valence-corrected chi connectivity index (χ2v) is 3.37. The summed E-state index contributed by atoms with van der Waals surface area (Å²) in [6.07, 6.45) is 1.01. The zero-order valence-corrected chi connectivity index (χ0v) is 8.45. The van der Waals surface area contributed by atoms with Gasteiger partial charge in [-0.1, -0.05) is 13.0 Å². The van der Waals surface area contributed by atoms with Gasteiger partial charge in [-0.25, -0.2) is 4.39 Å². The highest BCUT2D eigenvalue weighted by Gasteiger charge is 2.04. The summed E-state index contributed by atoms with van der Waals surface area (Å²) < 4.78 is 13.4. The molecular formula is C11H16FN. The number of halogens is 1. The van der Waals surface area contributed by atoms with Crippen LogP contribution in [0.25, 0.3) is 0 Å². The van der Waals surface area contributed by atoms with Crippen LogP contribution in [0, 0.1) is 19.7 Å². The summed E-state index contributed by atoms with van der Waals surface area (Å²) in [5.41, 5.74) is 2.59. The maximum absolute atomic E-state index is 13.4. The van der Waals surface area contributed by atoms with E-state index in [0.29, 0.717) is 5.69 Å². The van der Waals surface area contributed by atoms with Gasteiger partial charge in [0.25, 0.3) is 0 Å². The van der Waals surface area contributed by atoms with Gasteiger partial charge < -0.3 is 5.32 Å². The first-order valence-electron chi connectivity index (χ1n) is 4.65. The first-order valence-corrected chi connectivity index (χ1v) is 4.65. The molecule has 1 nitrogen and oxygen atoms in total. The monoisotopic (exact) mass is 181 g/mol. The highest BCUT2D eigenvalue weighted by molar-refractivity contribution is 5.53. The quantitative estimate of drug-likeness (QED) is 0.754. The van der Waals surface area contributed by atoms with Crippen molar-refractivity contribution in [3.05, 3.63) is 29.1 Å². The van der Waals surface area contributed by atoms with Crippen molar-refractivity contribution in [3.8, 4) is 0 Å². The summed E-state index contributed by atoms with van der Waals surface area (Å²) in [5.74, 6) is -0.147. The molecular weight excluding hydrogens is 165 g/mol. The van der Waals surface area contributed by atoms with E-state index in [2.05, 4.69) is 12.2 Å². The molecule has 0 spiro atoms. The maximum atomic E-state index is 13.4. The van der Waals surface area contributed by atoms with Crippen molar-refractivity contribution >= 4 is 5.69 Å². The molecule has 0 heterocycles. The van der Waals surface area contributed by atoms with Crippen LogP contribution in [0.15, 0.2) is 12.1 Å².